The van der Waals surface area contributed by atoms with Crippen molar-refractivity contribution in [2.45, 2.75) is 51.6 Å². The van der Waals surface area contributed by atoms with Crippen LogP contribution in [-0.4, -0.2) is 53.5 Å². The summed E-state index contributed by atoms with van der Waals surface area (Å²) in [5.41, 5.74) is 1.92. The minimum Gasteiger partial charge on any atom is -0.483 e. The molecule has 1 fully saturated rings. The Balaban J connectivity index is 0.000000613. The van der Waals surface area contributed by atoms with Gasteiger partial charge in [0.1, 0.15) is 5.82 Å². The van der Waals surface area contributed by atoms with Crippen LogP contribution < -0.4 is 0 Å². The van der Waals surface area contributed by atoms with Crippen LogP contribution in [0.2, 0.25) is 0 Å². The SMILES string of the molecule is Cc1nn(C)cc1CC(=O)N1CCn2nc(C3CC3)nc2[C@H]1C.O=CO. The molecule has 2 aromatic heterocycles. The van der Waals surface area contributed by atoms with Crippen molar-refractivity contribution < 1.29 is 14.7 Å². The largest absolute Gasteiger partial charge is 0.483 e. The third-order valence-corrected chi connectivity index (χ3v) is 4.83. The number of hydrogen-bond donors (Lipinski definition) is 1. The Morgan fingerprint density at radius 3 is 2.62 bits per heavy atom. The highest BCUT2D eigenvalue weighted by molar-refractivity contribution is 5.79. The second-order valence-corrected chi connectivity index (χ2v) is 6.78. The Bertz CT molecular complexity index is 808. The molecule has 0 bridgehead atoms. The molecule has 0 saturated heterocycles. The van der Waals surface area contributed by atoms with Gasteiger partial charge in [-0.3, -0.25) is 14.3 Å². The summed E-state index contributed by atoms with van der Waals surface area (Å²) in [7, 11) is 1.88. The number of hydrogen-bond acceptors (Lipinski definition) is 5. The highest BCUT2D eigenvalue weighted by atomic mass is 16.3. The summed E-state index contributed by atoms with van der Waals surface area (Å²) in [6.45, 7) is 5.17. The van der Waals surface area contributed by atoms with Gasteiger partial charge in [0.2, 0.25) is 5.91 Å². The fraction of sp³-hybridized carbons (Fsp3) is 0.588. The smallest absolute Gasteiger partial charge is 0.290 e. The van der Waals surface area contributed by atoms with Gasteiger partial charge in [-0.15, -0.1) is 0 Å². The normalized spacial score (nSPS) is 18.7. The van der Waals surface area contributed by atoms with Crippen molar-refractivity contribution in [3.8, 4) is 0 Å². The van der Waals surface area contributed by atoms with Crippen LogP contribution in [0.1, 0.15) is 54.6 Å². The monoisotopic (exact) mass is 360 g/mol. The summed E-state index contributed by atoms with van der Waals surface area (Å²) in [6, 6.07) is -0.0202. The summed E-state index contributed by atoms with van der Waals surface area (Å²) in [4.78, 5) is 27.7. The molecule has 3 heterocycles. The molecule has 0 radical (unpaired) electrons. The lowest BCUT2D eigenvalue weighted by Gasteiger charge is -2.33. The molecule has 4 rings (SSSR count). The molecule has 1 N–H and O–H groups in total. The average Bonchev–Trinajstić information content (AvgIpc) is 3.26. The maximum Gasteiger partial charge on any atom is 0.290 e. The molecule has 1 aliphatic heterocycles. The average molecular weight is 360 g/mol. The Labute approximate surface area is 151 Å². The molecule has 9 heteroatoms. The van der Waals surface area contributed by atoms with Crippen LogP contribution in [-0.2, 0) is 29.6 Å². The van der Waals surface area contributed by atoms with Crippen molar-refractivity contribution in [3.05, 3.63) is 29.1 Å². The molecular formula is C17H24N6O3. The van der Waals surface area contributed by atoms with Crippen LogP contribution in [0.25, 0.3) is 0 Å². The van der Waals surface area contributed by atoms with Crippen molar-refractivity contribution in [1.29, 1.82) is 0 Å². The van der Waals surface area contributed by atoms with E-state index in [0.717, 1.165) is 29.5 Å². The topological polar surface area (TPSA) is 106 Å². The first-order valence-electron chi connectivity index (χ1n) is 8.75. The van der Waals surface area contributed by atoms with Gasteiger partial charge in [-0.2, -0.15) is 10.2 Å². The zero-order valence-corrected chi connectivity index (χ0v) is 15.3. The van der Waals surface area contributed by atoms with Crippen LogP contribution in [0.4, 0.5) is 0 Å². The van der Waals surface area contributed by atoms with Crippen molar-refractivity contribution >= 4 is 12.4 Å². The minimum absolute atomic E-state index is 0.0202. The van der Waals surface area contributed by atoms with Crippen molar-refractivity contribution in [2.24, 2.45) is 7.05 Å². The highest BCUT2D eigenvalue weighted by Crippen LogP contribution is 2.39. The molecule has 0 spiro atoms. The first kappa shape index (κ1) is 18.1. The lowest BCUT2D eigenvalue weighted by molar-refractivity contribution is -0.133. The molecule has 9 nitrogen and oxygen atoms in total. The number of amides is 1. The number of nitrogens with zero attached hydrogens (tertiary/aromatic N) is 6. The quantitative estimate of drug-likeness (QED) is 0.820. The zero-order chi connectivity index (χ0) is 18.8. The molecule has 2 aliphatic rings. The Morgan fingerprint density at radius 2 is 2.04 bits per heavy atom. The van der Waals surface area contributed by atoms with Crippen molar-refractivity contribution in [1.82, 2.24) is 29.4 Å². The van der Waals surface area contributed by atoms with Crippen LogP contribution in [0.5, 0.6) is 0 Å². The van der Waals surface area contributed by atoms with E-state index in [-0.39, 0.29) is 18.4 Å². The zero-order valence-electron chi connectivity index (χ0n) is 15.3. The van der Waals surface area contributed by atoms with E-state index in [1.54, 1.807) is 4.68 Å². The second kappa shape index (κ2) is 7.27. The summed E-state index contributed by atoms with van der Waals surface area (Å²) < 4.78 is 3.74. The third kappa shape index (κ3) is 3.61. The van der Waals surface area contributed by atoms with Gasteiger partial charge in [-0.1, -0.05) is 0 Å². The Kier molecular flexibility index (Phi) is 5.06. The maximum atomic E-state index is 12.7. The molecule has 1 amide bonds. The number of aromatic nitrogens is 5. The lowest BCUT2D eigenvalue weighted by Crippen LogP contribution is -2.42. The summed E-state index contributed by atoms with van der Waals surface area (Å²) in [5.74, 6) is 2.57. The number of fused-ring (bicyclic) bond motifs is 1. The number of carbonyl (C=O) groups is 2. The fourth-order valence-corrected chi connectivity index (χ4v) is 3.32. The van der Waals surface area contributed by atoms with E-state index in [2.05, 4.69) is 10.2 Å². The van der Waals surface area contributed by atoms with E-state index in [9.17, 15) is 4.79 Å². The van der Waals surface area contributed by atoms with Crippen molar-refractivity contribution in [3.63, 3.8) is 0 Å². The van der Waals surface area contributed by atoms with E-state index >= 15 is 0 Å². The molecule has 1 saturated carbocycles. The van der Waals surface area contributed by atoms with Crippen LogP contribution >= 0.6 is 0 Å². The number of carbonyl (C=O) groups excluding carboxylic acids is 1. The molecule has 1 aliphatic carbocycles. The summed E-state index contributed by atoms with van der Waals surface area (Å²) in [5, 5.41) is 15.8. The van der Waals surface area contributed by atoms with E-state index < -0.39 is 0 Å². The van der Waals surface area contributed by atoms with Crippen LogP contribution in [0.3, 0.4) is 0 Å². The van der Waals surface area contributed by atoms with Gasteiger partial charge in [0, 0.05) is 31.3 Å². The summed E-state index contributed by atoms with van der Waals surface area (Å²) in [6.07, 6.45) is 4.71. The van der Waals surface area contributed by atoms with Crippen LogP contribution in [0.15, 0.2) is 6.20 Å². The molecule has 140 valence electrons. The van der Waals surface area contributed by atoms with Crippen LogP contribution in [0, 0.1) is 6.92 Å². The predicted molar refractivity (Wildman–Crippen MR) is 92.5 cm³/mol. The van der Waals surface area contributed by atoms with E-state index in [4.69, 9.17) is 14.9 Å². The summed E-state index contributed by atoms with van der Waals surface area (Å²) >= 11 is 0. The third-order valence-electron chi connectivity index (χ3n) is 4.83. The van der Waals surface area contributed by atoms with Gasteiger partial charge in [0.05, 0.1) is 24.7 Å². The molecule has 26 heavy (non-hydrogen) atoms. The highest BCUT2D eigenvalue weighted by Gasteiger charge is 2.34. The first-order valence-corrected chi connectivity index (χ1v) is 8.75. The van der Waals surface area contributed by atoms with Gasteiger partial charge in [0.15, 0.2) is 5.82 Å². The first-order chi connectivity index (χ1) is 12.4. The maximum absolute atomic E-state index is 12.7. The molecule has 0 unspecified atom stereocenters. The number of rotatable bonds is 3. The number of carboxylic acid groups (broad SMARTS) is 1. The van der Waals surface area contributed by atoms with Gasteiger partial charge >= 0.3 is 0 Å². The Hall–Kier alpha value is -2.71. The van der Waals surface area contributed by atoms with E-state index in [1.807, 2.05) is 36.7 Å². The van der Waals surface area contributed by atoms with Gasteiger partial charge in [-0.25, -0.2) is 9.67 Å². The predicted octanol–water partition coefficient (Wildman–Crippen LogP) is 1.04. The lowest BCUT2D eigenvalue weighted by atomic mass is 10.1. The standard InChI is InChI=1S/C16H22N6O.CH2O2/c1-10-13(9-20(3)18-10)8-14(23)21-6-7-22-16(11(21)2)17-15(19-22)12-4-5-12;2-1-3/h9,11-12H,4-8H2,1-3H3;1H,(H,2,3)/t11-;/m1./s1. The molecule has 2 aromatic rings. The number of aryl methyl sites for hydroxylation is 2. The fourth-order valence-electron chi connectivity index (χ4n) is 3.32. The molecule has 0 aromatic carbocycles. The van der Waals surface area contributed by atoms with E-state index in [0.29, 0.717) is 18.9 Å². The van der Waals surface area contributed by atoms with E-state index in [1.165, 1.54) is 12.8 Å². The molecular weight excluding hydrogens is 336 g/mol. The van der Waals surface area contributed by atoms with Gasteiger partial charge in [0.25, 0.3) is 6.47 Å². The minimum atomic E-state index is -0.250. The van der Waals surface area contributed by atoms with Gasteiger partial charge < -0.3 is 10.0 Å². The molecule has 1 atom stereocenters. The van der Waals surface area contributed by atoms with Crippen molar-refractivity contribution in [2.75, 3.05) is 6.54 Å². The Morgan fingerprint density at radius 1 is 1.35 bits per heavy atom. The van der Waals surface area contributed by atoms with Gasteiger partial charge in [-0.05, 0) is 26.7 Å². The second-order valence-electron chi connectivity index (χ2n) is 6.78.